The van der Waals surface area contributed by atoms with E-state index in [1.807, 2.05) is 25.1 Å². The molecule has 1 fully saturated rings. The lowest BCUT2D eigenvalue weighted by atomic mass is 9.85. The summed E-state index contributed by atoms with van der Waals surface area (Å²) in [5.41, 5.74) is 3.50. The van der Waals surface area contributed by atoms with Crippen LogP contribution in [0.25, 0.3) is 22.2 Å². The number of carbonyl (C=O) groups is 4. The molecule has 2 heterocycles. The van der Waals surface area contributed by atoms with E-state index in [0.717, 1.165) is 10.0 Å². The molecule has 1 saturated heterocycles. The quantitative estimate of drug-likeness (QED) is 0.0580. The highest BCUT2D eigenvalue weighted by atomic mass is 79.9. The Hall–Kier alpha value is -4.21. The lowest BCUT2D eigenvalue weighted by Gasteiger charge is -2.18. The summed E-state index contributed by atoms with van der Waals surface area (Å²) in [6, 6.07) is 17.3. The van der Waals surface area contributed by atoms with Gasteiger partial charge in [-0.2, -0.15) is 0 Å². The number of rotatable bonds is 9. The third kappa shape index (κ3) is 6.01. The maximum atomic E-state index is 13.8. The molecule has 0 saturated carbocycles. The number of carbonyl (C=O) groups excluding carboxylic acids is 4. The molecule has 0 bridgehead atoms. The Balaban J connectivity index is 1.36. The number of imide groups is 1. The molecule has 0 radical (unpaired) electrons. The molecule has 234 valence electrons. The van der Waals surface area contributed by atoms with Crippen LogP contribution in [0.2, 0.25) is 0 Å². The Labute approximate surface area is 278 Å². The van der Waals surface area contributed by atoms with Gasteiger partial charge in [-0.15, -0.1) is 11.6 Å². The summed E-state index contributed by atoms with van der Waals surface area (Å²) in [5, 5.41) is 0.542. The van der Waals surface area contributed by atoms with Crippen LogP contribution >= 0.6 is 27.5 Å². The highest BCUT2D eigenvalue weighted by molar-refractivity contribution is 9.10. The Bertz CT molecular complexity index is 1870. The first kappa shape index (κ1) is 31.8. The topological polar surface area (TPSA) is 93.6 Å². The molecule has 10 heteroatoms. The number of alkyl halides is 1. The van der Waals surface area contributed by atoms with Crippen LogP contribution in [0.1, 0.15) is 52.5 Å². The average molecular weight is 704 g/mol. The zero-order valence-corrected chi connectivity index (χ0v) is 27.2. The molecule has 3 atom stereocenters. The number of hydrogen-bond donors (Lipinski definition) is 0. The first-order valence-electron chi connectivity index (χ1n) is 15.0. The van der Waals surface area contributed by atoms with Crippen molar-refractivity contribution in [3.8, 4) is 11.3 Å². The van der Waals surface area contributed by atoms with Gasteiger partial charge in [0.1, 0.15) is 5.82 Å². The number of nitrogens with zero attached hydrogens (tertiary/aromatic N) is 2. The van der Waals surface area contributed by atoms with Crippen LogP contribution in [0.5, 0.6) is 0 Å². The van der Waals surface area contributed by atoms with Crippen molar-refractivity contribution < 1.29 is 28.3 Å². The minimum absolute atomic E-state index is 0.0606. The van der Waals surface area contributed by atoms with E-state index in [0.29, 0.717) is 47.1 Å². The van der Waals surface area contributed by atoms with Gasteiger partial charge in [-0.25, -0.2) is 14.2 Å². The maximum Gasteiger partial charge on any atom is 0.339 e. The lowest BCUT2D eigenvalue weighted by molar-refractivity contribution is -0.122. The number of amides is 2. The first-order valence-corrected chi connectivity index (χ1v) is 16.4. The second kappa shape index (κ2) is 13.3. The molecule has 0 spiro atoms. The zero-order chi connectivity index (χ0) is 32.5. The summed E-state index contributed by atoms with van der Waals surface area (Å²) < 4.78 is 20.0. The molecule has 46 heavy (non-hydrogen) atoms. The van der Waals surface area contributed by atoms with Gasteiger partial charge in [-0.1, -0.05) is 47.1 Å². The monoisotopic (exact) mass is 702 g/mol. The van der Waals surface area contributed by atoms with Crippen LogP contribution in [0.4, 0.5) is 10.1 Å². The second-order valence-electron chi connectivity index (χ2n) is 11.3. The summed E-state index contributed by atoms with van der Waals surface area (Å²) in [6.45, 7) is 1.98. The summed E-state index contributed by atoms with van der Waals surface area (Å²) in [7, 11) is 0. The number of pyridine rings is 1. The molecule has 3 unspecified atom stereocenters. The van der Waals surface area contributed by atoms with Gasteiger partial charge in [-0.3, -0.25) is 19.3 Å². The number of ether oxygens (including phenoxy) is 1. The number of esters is 1. The molecular weight excluding hydrogens is 675 g/mol. The second-order valence-corrected chi connectivity index (χ2v) is 12.6. The number of halogens is 3. The lowest BCUT2D eigenvalue weighted by Crippen LogP contribution is -2.30. The van der Waals surface area contributed by atoms with Gasteiger partial charge in [-0.05, 0) is 79.4 Å². The van der Waals surface area contributed by atoms with Gasteiger partial charge in [0, 0.05) is 33.3 Å². The molecule has 2 amide bonds. The van der Waals surface area contributed by atoms with Crippen LogP contribution in [0.3, 0.4) is 0 Å². The molecule has 1 aromatic heterocycles. The van der Waals surface area contributed by atoms with Crippen molar-refractivity contribution in [1.29, 1.82) is 0 Å². The SMILES string of the molecule is CCc1cc(Br)cc2c(C(=O)OC(CCCl)C(=O)c3ccc(F)cc3)cc(-c3ccc(N4C(=O)C5CC=CCC5C4=O)cc3)nc12. The number of benzene rings is 3. The molecule has 3 aromatic carbocycles. The number of aromatic nitrogens is 1. The largest absolute Gasteiger partial charge is 0.450 e. The third-order valence-electron chi connectivity index (χ3n) is 8.53. The minimum atomic E-state index is -1.19. The maximum absolute atomic E-state index is 13.8. The highest BCUT2D eigenvalue weighted by Crippen LogP contribution is 2.38. The standard InChI is InChI=1S/C36H29BrClFN2O5/c1-2-20-17-23(37)18-28-29(36(45)46-31(15-16-38)33(42)22-7-11-24(39)12-8-22)19-30(40-32(20)28)21-9-13-25(14-10-21)41-34(43)26-5-3-4-6-27(26)35(41)44/h3-4,7-14,17-19,26-27,31H,2,5-6,15-16H2,1H3. The Morgan fingerprint density at radius 3 is 2.26 bits per heavy atom. The fraction of sp³-hybridized carbons (Fsp3) is 0.250. The van der Waals surface area contributed by atoms with E-state index >= 15 is 0 Å². The Kier molecular flexibility index (Phi) is 9.15. The molecule has 1 aliphatic heterocycles. The molecule has 7 nitrogen and oxygen atoms in total. The molecule has 4 aromatic rings. The van der Waals surface area contributed by atoms with Crippen molar-refractivity contribution in [1.82, 2.24) is 4.98 Å². The van der Waals surface area contributed by atoms with E-state index in [-0.39, 0.29) is 47.1 Å². The molecule has 6 rings (SSSR count). The number of aryl methyl sites for hydroxylation is 1. The molecule has 1 aliphatic carbocycles. The summed E-state index contributed by atoms with van der Waals surface area (Å²) in [6.07, 6.45) is 4.53. The van der Waals surface area contributed by atoms with Crippen molar-refractivity contribution in [2.75, 3.05) is 10.8 Å². The number of allylic oxidation sites excluding steroid dienone is 2. The number of hydrogen-bond acceptors (Lipinski definition) is 6. The van der Waals surface area contributed by atoms with E-state index < -0.39 is 23.7 Å². The van der Waals surface area contributed by atoms with Crippen LogP contribution in [-0.2, 0) is 20.7 Å². The van der Waals surface area contributed by atoms with Gasteiger partial charge in [0.2, 0.25) is 17.6 Å². The van der Waals surface area contributed by atoms with E-state index in [1.54, 1.807) is 36.4 Å². The Morgan fingerprint density at radius 2 is 1.65 bits per heavy atom. The van der Waals surface area contributed by atoms with Crippen LogP contribution in [-0.4, -0.2) is 40.5 Å². The van der Waals surface area contributed by atoms with Crippen LogP contribution in [0.15, 0.2) is 83.4 Å². The predicted molar refractivity (Wildman–Crippen MR) is 177 cm³/mol. The minimum Gasteiger partial charge on any atom is -0.450 e. The van der Waals surface area contributed by atoms with E-state index in [1.165, 1.54) is 29.2 Å². The van der Waals surface area contributed by atoms with Crippen molar-refractivity contribution in [2.45, 2.75) is 38.7 Å². The van der Waals surface area contributed by atoms with Crippen LogP contribution < -0.4 is 4.90 Å². The van der Waals surface area contributed by atoms with Crippen LogP contribution in [0, 0.1) is 17.7 Å². The van der Waals surface area contributed by atoms with Gasteiger partial charge >= 0.3 is 5.97 Å². The van der Waals surface area contributed by atoms with Gasteiger partial charge in [0.05, 0.1) is 34.3 Å². The average Bonchev–Trinajstić information content (AvgIpc) is 3.32. The van der Waals surface area contributed by atoms with Crippen molar-refractivity contribution in [3.63, 3.8) is 0 Å². The summed E-state index contributed by atoms with van der Waals surface area (Å²) in [5.74, 6) is -2.71. The summed E-state index contributed by atoms with van der Waals surface area (Å²) >= 11 is 9.52. The fourth-order valence-electron chi connectivity index (χ4n) is 6.12. The molecule has 2 aliphatic rings. The highest BCUT2D eigenvalue weighted by Gasteiger charge is 2.47. The zero-order valence-electron chi connectivity index (χ0n) is 24.8. The number of Topliss-reactive ketones (excluding diaryl/α,β-unsaturated/α-hetero) is 1. The fourth-order valence-corrected chi connectivity index (χ4v) is 6.82. The Morgan fingerprint density at radius 1 is 1.00 bits per heavy atom. The molecular formula is C36H29BrClFN2O5. The van der Waals surface area contributed by atoms with E-state index in [9.17, 15) is 23.6 Å². The van der Waals surface area contributed by atoms with Crippen molar-refractivity contribution >= 4 is 67.7 Å². The number of ketones is 1. The molecule has 0 N–H and O–H groups in total. The van der Waals surface area contributed by atoms with Gasteiger partial charge < -0.3 is 4.74 Å². The predicted octanol–water partition coefficient (Wildman–Crippen LogP) is 7.86. The van der Waals surface area contributed by atoms with Crippen molar-refractivity contribution in [3.05, 3.63) is 106 Å². The smallest absolute Gasteiger partial charge is 0.339 e. The first-order chi connectivity index (χ1) is 22.2. The third-order valence-corrected chi connectivity index (χ3v) is 9.20. The number of anilines is 1. The van der Waals surface area contributed by atoms with Gasteiger partial charge in [0.15, 0.2) is 6.10 Å². The van der Waals surface area contributed by atoms with E-state index in [2.05, 4.69) is 15.9 Å². The number of fused-ring (bicyclic) bond motifs is 2. The van der Waals surface area contributed by atoms with Gasteiger partial charge in [0.25, 0.3) is 0 Å². The summed E-state index contributed by atoms with van der Waals surface area (Å²) in [4.78, 5) is 59.5. The van der Waals surface area contributed by atoms with Crippen molar-refractivity contribution in [2.24, 2.45) is 11.8 Å². The van der Waals surface area contributed by atoms with E-state index in [4.69, 9.17) is 21.3 Å². The normalized spacial score (nSPS) is 18.1.